The van der Waals surface area contributed by atoms with Gasteiger partial charge in [0.2, 0.25) is 0 Å². The van der Waals surface area contributed by atoms with E-state index in [1.165, 1.54) is 6.20 Å². The van der Waals surface area contributed by atoms with Crippen LogP contribution in [0.4, 0.5) is 17.1 Å². The van der Waals surface area contributed by atoms with E-state index in [1.807, 2.05) is 19.0 Å². The highest BCUT2D eigenvalue weighted by Crippen LogP contribution is 2.20. The minimum absolute atomic E-state index is 0.222. The number of hydrogen-bond donors (Lipinski definition) is 4. The molecule has 42 heavy (non-hydrogen) atoms. The predicted molar refractivity (Wildman–Crippen MR) is 159 cm³/mol. The van der Waals surface area contributed by atoms with Gasteiger partial charge in [-0.05, 0) is 45.3 Å². The van der Waals surface area contributed by atoms with E-state index in [1.54, 1.807) is 89.4 Å². The van der Waals surface area contributed by atoms with Crippen LogP contribution >= 0.6 is 0 Å². The standard InChI is InChI=1S/C28H36N10O4/c1-34(2)10-7-8-30-25(39)21-12-18(15-36(21)4)31-26(40)22-13-19(16-37(22)5)32-27(41)23-14-20(17-38(23)6)33-28(42)24-29-9-11-35(24)3/h9,11-17H,7-8,10H2,1-6H3,(H,30,39)(H,31,40)(H,32,41)(H,33,42). The van der Waals surface area contributed by atoms with Crippen LogP contribution in [0.5, 0.6) is 0 Å². The molecular weight excluding hydrogens is 540 g/mol. The summed E-state index contributed by atoms with van der Waals surface area (Å²) in [5.74, 6) is -1.20. The van der Waals surface area contributed by atoms with Crippen molar-refractivity contribution in [3.63, 3.8) is 0 Å². The third-order valence-corrected chi connectivity index (χ3v) is 6.58. The summed E-state index contributed by atoms with van der Waals surface area (Å²) in [4.78, 5) is 57.2. The second kappa shape index (κ2) is 12.6. The van der Waals surface area contributed by atoms with Gasteiger partial charge in [-0.1, -0.05) is 0 Å². The summed E-state index contributed by atoms with van der Waals surface area (Å²) in [7, 11) is 10.8. The molecule has 4 heterocycles. The number of nitrogens with zero attached hydrogens (tertiary/aromatic N) is 6. The lowest BCUT2D eigenvalue weighted by atomic mass is 10.3. The van der Waals surface area contributed by atoms with Crippen LogP contribution in [0.15, 0.2) is 49.2 Å². The SMILES string of the molecule is CN(C)CCCNC(=O)c1cc(NC(=O)c2cc(NC(=O)c3cc(NC(=O)c4nccn4C)cn3C)cn2C)cn1C. The maximum absolute atomic E-state index is 13.0. The largest absolute Gasteiger partial charge is 0.351 e. The zero-order valence-electron chi connectivity index (χ0n) is 24.6. The molecule has 0 aliphatic rings. The zero-order valence-corrected chi connectivity index (χ0v) is 24.6. The Bertz CT molecular complexity index is 1620. The number of rotatable bonds is 11. The molecule has 222 valence electrons. The van der Waals surface area contributed by atoms with Gasteiger partial charge in [0.05, 0.1) is 17.1 Å². The second-order valence-electron chi connectivity index (χ2n) is 10.3. The average molecular weight is 577 g/mol. The Balaban J connectivity index is 1.37. The Morgan fingerprint density at radius 3 is 1.57 bits per heavy atom. The van der Waals surface area contributed by atoms with Gasteiger partial charge in [0.25, 0.3) is 23.6 Å². The molecule has 0 aliphatic carbocycles. The van der Waals surface area contributed by atoms with Gasteiger partial charge < -0.3 is 44.4 Å². The van der Waals surface area contributed by atoms with Crippen molar-refractivity contribution in [1.29, 1.82) is 0 Å². The number of carbonyl (C=O) groups is 4. The first-order valence-electron chi connectivity index (χ1n) is 13.3. The predicted octanol–water partition coefficient (Wildman–Crippen LogP) is 1.87. The smallest absolute Gasteiger partial charge is 0.291 e. The van der Waals surface area contributed by atoms with Crippen molar-refractivity contribution in [3.05, 3.63) is 72.1 Å². The highest BCUT2D eigenvalue weighted by atomic mass is 16.2. The zero-order chi connectivity index (χ0) is 30.6. The number of aryl methyl sites for hydroxylation is 4. The normalized spacial score (nSPS) is 11.0. The van der Waals surface area contributed by atoms with E-state index in [2.05, 4.69) is 26.3 Å². The van der Waals surface area contributed by atoms with Gasteiger partial charge in [0.15, 0.2) is 5.82 Å². The molecule has 0 saturated heterocycles. The van der Waals surface area contributed by atoms with Crippen molar-refractivity contribution in [2.75, 3.05) is 43.1 Å². The molecule has 4 aromatic heterocycles. The van der Waals surface area contributed by atoms with Crippen LogP contribution in [-0.2, 0) is 28.2 Å². The molecule has 4 rings (SSSR count). The molecule has 14 nitrogen and oxygen atoms in total. The first kappa shape index (κ1) is 29.9. The summed E-state index contributed by atoms with van der Waals surface area (Å²) in [6.07, 6.45) is 8.93. The van der Waals surface area contributed by atoms with Gasteiger partial charge in [0, 0.05) is 65.7 Å². The van der Waals surface area contributed by atoms with E-state index in [9.17, 15) is 19.2 Å². The summed E-state index contributed by atoms with van der Waals surface area (Å²) in [6, 6.07) is 4.73. The van der Waals surface area contributed by atoms with Crippen LogP contribution in [-0.4, -0.2) is 79.0 Å². The molecular formula is C28H36N10O4. The molecule has 4 amide bonds. The molecule has 4 N–H and O–H groups in total. The number of carbonyl (C=O) groups excluding carboxylic acids is 4. The topological polar surface area (TPSA) is 152 Å². The lowest BCUT2D eigenvalue weighted by molar-refractivity contribution is 0.0942. The fourth-order valence-corrected chi connectivity index (χ4v) is 4.43. The van der Waals surface area contributed by atoms with Gasteiger partial charge in [-0.2, -0.15) is 0 Å². The Morgan fingerprint density at radius 2 is 1.14 bits per heavy atom. The summed E-state index contributed by atoms with van der Waals surface area (Å²) in [5.41, 5.74) is 2.35. The molecule has 14 heteroatoms. The van der Waals surface area contributed by atoms with Crippen molar-refractivity contribution < 1.29 is 19.2 Å². The number of hydrogen-bond acceptors (Lipinski definition) is 6. The molecule has 0 aliphatic heterocycles. The molecule has 0 saturated carbocycles. The highest BCUT2D eigenvalue weighted by molar-refractivity contribution is 6.08. The van der Waals surface area contributed by atoms with Crippen molar-refractivity contribution in [2.24, 2.45) is 28.2 Å². The maximum Gasteiger partial charge on any atom is 0.291 e. The molecule has 4 aromatic rings. The molecule has 0 unspecified atom stereocenters. The van der Waals surface area contributed by atoms with Crippen LogP contribution in [0.25, 0.3) is 0 Å². The van der Waals surface area contributed by atoms with E-state index in [0.29, 0.717) is 40.7 Å². The lowest BCUT2D eigenvalue weighted by Gasteiger charge is -2.10. The van der Waals surface area contributed by atoms with Crippen molar-refractivity contribution in [3.8, 4) is 0 Å². The number of imidazole rings is 1. The Hall–Kier alpha value is -5.11. The summed E-state index contributed by atoms with van der Waals surface area (Å²) >= 11 is 0. The number of nitrogens with one attached hydrogen (secondary N) is 4. The van der Waals surface area contributed by atoms with Crippen LogP contribution in [0.3, 0.4) is 0 Å². The third-order valence-electron chi connectivity index (χ3n) is 6.58. The molecule has 0 radical (unpaired) electrons. The Kier molecular flexibility index (Phi) is 8.96. The molecule has 0 aromatic carbocycles. The van der Waals surface area contributed by atoms with Gasteiger partial charge >= 0.3 is 0 Å². The van der Waals surface area contributed by atoms with Crippen LogP contribution < -0.4 is 21.3 Å². The number of amides is 4. The fourth-order valence-electron chi connectivity index (χ4n) is 4.43. The average Bonchev–Trinajstić information content (AvgIpc) is 3.68. The molecule has 0 fully saturated rings. The minimum atomic E-state index is -0.420. The highest BCUT2D eigenvalue weighted by Gasteiger charge is 2.19. The van der Waals surface area contributed by atoms with Crippen LogP contribution in [0, 0.1) is 0 Å². The third kappa shape index (κ3) is 6.96. The Morgan fingerprint density at radius 1 is 0.690 bits per heavy atom. The van der Waals surface area contributed by atoms with Crippen molar-refractivity contribution in [1.82, 2.24) is 33.5 Å². The van der Waals surface area contributed by atoms with Gasteiger partial charge in [-0.25, -0.2) is 4.98 Å². The number of anilines is 3. The fraction of sp³-hybridized carbons (Fsp3) is 0.321. The monoisotopic (exact) mass is 576 g/mol. The quantitative estimate of drug-likeness (QED) is 0.200. The molecule has 0 spiro atoms. The first-order valence-corrected chi connectivity index (χ1v) is 13.3. The molecule has 0 atom stereocenters. The van der Waals surface area contributed by atoms with E-state index >= 15 is 0 Å². The first-order chi connectivity index (χ1) is 19.9. The van der Waals surface area contributed by atoms with Gasteiger partial charge in [-0.3, -0.25) is 19.2 Å². The number of aromatic nitrogens is 5. The van der Waals surface area contributed by atoms with Crippen LogP contribution in [0.1, 0.15) is 48.5 Å². The van der Waals surface area contributed by atoms with E-state index < -0.39 is 17.7 Å². The van der Waals surface area contributed by atoms with Crippen molar-refractivity contribution >= 4 is 40.7 Å². The van der Waals surface area contributed by atoms with E-state index in [-0.39, 0.29) is 11.7 Å². The lowest BCUT2D eigenvalue weighted by Crippen LogP contribution is -2.28. The van der Waals surface area contributed by atoms with Gasteiger partial charge in [-0.15, -0.1) is 0 Å². The van der Waals surface area contributed by atoms with Crippen LogP contribution in [0.2, 0.25) is 0 Å². The van der Waals surface area contributed by atoms with Gasteiger partial charge in [0.1, 0.15) is 17.1 Å². The Labute approximate surface area is 243 Å². The minimum Gasteiger partial charge on any atom is -0.351 e. The van der Waals surface area contributed by atoms with E-state index in [4.69, 9.17) is 0 Å². The second-order valence-corrected chi connectivity index (χ2v) is 10.3. The summed E-state index contributed by atoms with van der Waals surface area (Å²) in [5, 5.41) is 11.2. The van der Waals surface area contributed by atoms with E-state index in [0.717, 1.165) is 13.0 Å². The summed E-state index contributed by atoms with van der Waals surface area (Å²) < 4.78 is 6.43. The van der Waals surface area contributed by atoms with Crippen molar-refractivity contribution in [2.45, 2.75) is 6.42 Å². The molecule has 0 bridgehead atoms. The summed E-state index contributed by atoms with van der Waals surface area (Å²) in [6.45, 7) is 1.41. The maximum atomic E-state index is 13.0.